The Morgan fingerprint density at radius 3 is 2.08 bits per heavy atom. The molecule has 0 bridgehead atoms. The van der Waals surface area contributed by atoms with Crippen molar-refractivity contribution in [3.05, 3.63) is 63.6 Å². The van der Waals surface area contributed by atoms with Crippen LogP contribution in [-0.2, 0) is 32.3 Å². The summed E-state index contributed by atoms with van der Waals surface area (Å²) in [5.74, 6) is -1.25. The highest BCUT2D eigenvalue weighted by molar-refractivity contribution is 7.92. The van der Waals surface area contributed by atoms with Crippen LogP contribution < -0.4 is 9.62 Å². The largest absolute Gasteiger partial charge is 0.417 e. The summed E-state index contributed by atoms with van der Waals surface area (Å²) in [6.45, 7) is 6.09. The third-order valence-electron chi connectivity index (χ3n) is 5.37. The molecule has 0 radical (unpaired) electrons. The van der Waals surface area contributed by atoms with Crippen LogP contribution in [0.5, 0.6) is 0 Å². The van der Waals surface area contributed by atoms with E-state index >= 15 is 0 Å². The summed E-state index contributed by atoms with van der Waals surface area (Å²) in [6, 6.07) is 8.09. The first kappa shape index (κ1) is 31.7. The molecular weight excluding hydrogens is 566 g/mol. The SMILES string of the molecule is CCC(C(=O)NC(C)(C)C)N(Cc1ccc(Cl)cc1)C(=O)CN(c1ccc(Cl)c(C(F)(F)F)c1)S(C)(=O)=O. The fourth-order valence-electron chi connectivity index (χ4n) is 3.66. The lowest BCUT2D eigenvalue weighted by atomic mass is 10.1. The number of benzene rings is 2. The van der Waals surface area contributed by atoms with Crippen LogP contribution in [0.3, 0.4) is 0 Å². The molecule has 0 saturated heterocycles. The van der Waals surface area contributed by atoms with Gasteiger partial charge in [0.15, 0.2) is 0 Å². The lowest BCUT2D eigenvalue weighted by Gasteiger charge is -2.34. The molecule has 2 aromatic carbocycles. The molecule has 0 aliphatic heterocycles. The van der Waals surface area contributed by atoms with Gasteiger partial charge >= 0.3 is 6.18 Å². The molecule has 1 atom stereocenters. The van der Waals surface area contributed by atoms with Crippen molar-refractivity contribution in [3.63, 3.8) is 0 Å². The van der Waals surface area contributed by atoms with Crippen molar-refractivity contribution in [1.29, 1.82) is 0 Å². The molecule has 38 heavy (non-hydrogen) atoms. The topological polar surface area (TPSA) is 86.8 Å². The van der Waals surface area contributed by atoms with E-state index in [1.165, 1.54) is 4.90 Å². The normalized spacial score (nSPS) is 13.1. The Morgan fingerprint density at radius 1 is 1.03 bits per heavy atom. The van der Waals surface area contributed by atoms with Crippen LogP contribution in [0, 0.1) is 0 Å². The highest BCUT2D eigenvalue weighted by Crippen LogP contribution is 2.37. The van der Waals surface area contributed by atoms with Gasteiger partial charge in [0.1, 0.15) is 12.6 Å². The molecular formula is C25H30Cl2F3N3O4S. The minimum absolute atomic E-state index is 0.0713. The Kier molecular flexibility index (Phi) is 10.1. The predicted molar refractivity (Wildman–Crippen MR) is 143 cm³/mol. The second-order valence-corrected chi connectivity index (χ2v) is 12.5. The van der Waals surface area contributed by atoms with E-state index in [1.54, 1.807) is 52.0 Å². The van der Waals surface area contributed by atoms with Crippen molar-refractivity contribution in [3.8, 4) is 0 Å². The standard InChI is InChI=1S/C25H30Cl2F3N3O4S/c1-6-21(23(35)31-24(2,3)4)32(14-16-7-9-17(26)10-8-16)22(34)15-33(38(5,36)37)18-11-12-20(27)19(13-18)25(28,29)30/h7-13,21H,6,14-15H2,1-5H3,(H,31,35). The summed E-state index contributed by atoms with van der Waals surface area (Å²) in [5.41, 5.74) is -1.64. The molecule has 7 nitrogen and oxygen atoms in total. The van der Waals surface area contributed by atoms with Crippen molar-refractivity contribution in [2.75, 3.05) is 17.1 Å². The quantitative estimate of drug-likeness (QED) is 0.414. The van der Waals surface area contributed by atoms with Crippen LogP contribution in [0.4, 0.5) is 18.9 Å². The first-order valence-electron chi connectivity index (χ1n) is 11.5. The van der Waals surface area contributed by atoms with Crippen LogP contribution in [0.1, 0.15) is 45.2 Å². The number of carbonyl (C=O) groups excluding carboxylic acids is 2. The van der Waals surface area contributed by atoms with Gasteiger partial charge in [0, 0.05) is 17.1 Å². The summed E-state index contributed by atoms with van der Waals surface area (Å²) in [7, 11) is -4.22. The number of alkyl halides is 3. The number of halogens is 5. The molecule has 1 N–H and O–H groups in total. The summed E-state index contributed by atoms with van der Waals surface area (Å²) >= 11 is 11.6. The van der Waals surface area contributed by atoms with Gasteiger partial charge in [-0.05, 0) is 63.1 Å². The van der Waals surface area contributed by atoms with Crippen molar-refractivity contribution < 1.29 is 31.2 Å². The van der Waals surface area contributed by atoms with Gasteiger partial charge in [-0.15, -0.1) is 0 Å². The number of carbonyl (C=O) groups is 2. The highest BCUT2D eigenvalue weighted by Gasteiger charge is 2.36. The van der Waals surface area contributed by atoms with Crippen LogP contribution in [0.15, 0.2) is 42.5 Å². The van der Waals surface area contributed by atoms with Crippen LogP contribution in [0.2, 0.25) is 10.0 Å². The number of hydrogen-bond acceptors (Lipinski definition) is 4. The Morgan fingerprint density at radius 2 is 1.61 bits per heavy atom. The molecule has 2 amide bonds. The monoisotopic (exact) mass is 595 g/mol. The van der Waals surface area contributed by atoms with Crippen LogP contribution in [-0.4, -0.2) is 49.5 Å². The molecule has 2 aromatic rings. The van der Waals surface area contributed by atoms with Crippen LogP contribution in [0.25, 0.3) is 0 Å². The fourth-order valence-corrected chi connectivity index (χ4v) is 4.85. The Labute approximate surface area is 230 Å². The Hall–Kier alpha value is -2.50. The molecule has 0 saturated carbocycles. The molecule has 13 heteroatoms. The van der Waals surface area contributed by atoms with E-state index in [-0.39, 0.29) is 13.0 Å². The summed E-state index contributed by atoms with van der Waals surface area (Å²) in [4.78, 5) is 28.0. The highest BCUT2D eigenvalue weighted by atomic mass is 35.5. The molecule has 0 fully saturated rings. The molecule has 0 aliphatic carbocycles. The van der Waals surface area contributed by atoms with Crippen molar-refractivity contribution in [2.45, 2.75) is 58.4 Å². The maximum Gasteiger partial charge on any atom is 0.417 e. The smallest absolute Gasteiger partial charge is 0.350 e. The first-order valence-corrected chi connectivity index (χ1v) is 14.1. The molecule has 0 aromatic heterocycles. The van der Waals surface area contributed by atoms with Gasteiger partial charge in [-0.2, -0.15) is 13.2 Å². The van der Waals surface area contributed by atoms with Gasteiger partial charge in [0.25, 0.3) is 0 Å². The number of sulfonamides is 1. The van der Waals surface area contributed by atoms with Crippen molar-refractivity contribution in [2.24, 2.45) is 0 Å². The minimum atomic E-state index is -4.85. The van der Waals surface area contributed by atoms with Crippen molar-refractivity contribution in [1.82, 2.24) is 10.2 Å². The van der Waals surface area contributed by atoms with E-state index < -0.39 is 62.4 Å². The lowest BCUT2D eigenvalue weighted by Crippen LogP contribution is -2.55. The molecule has 0 aliphatic rings. The predicted octanol–water partition coefficient (Wildman–Crippen LogP) is 5.50. The summed E-state index contributed by atoms with van der Waals surface area (Å²) < 4.78 is 66.2. The van der Waals surface area contributed by atoms with E-state index in [0.29, 0.717) is 21.0 Å². The minimum Gasteiger partial charge on any atom is -0.350 e. The van der Waals surface area contributed by atoms with E-state index in [2.05, 4.69) is 5.32 Å². The average molecular weight is 596 g/mol. The third kappa shape index (κ3) is 8.78. The summed E-state index contributed by atoms with van der Waals surface area (Å²) in [6.07, 6.45) is -3.88. The van der Waals surface area contributed by atoms with E-state index in [9.17, 15) is 31.2 Å². The fraction of sp³-hybridized carbons (Fsp3) is 0.440. The van der Waals surface area contributed by atoms with E-state index in [4.69, 9.17) is 23.2 Å². The maximum atomic E-state index is 13.6. The van der Waals surface area contributed by atoms with Gasteiger partial charge in [-0.3, -0.25) is 13.9 Å². The number of hydrogen-bond donors (Lipinski definition) is 1. The number of amides is 2. The summed E-state index contributed by atoms with van der Waals surface area (Å²) in [5, 5.41) is 2.66. The molecule has 210 valence electrons. The number of anilines is 1. The number of nitrogens with zero attached hydrogens (tertiary/aromatic N) is 2. The van der Waals surface area contributed by atoms with Crippen LogP contribution >= 0.6 is 23.2 Å². The van der Waals surface area contributed by atoms with Gasteiger partial charge in [0.2, 0.25) is 21.8 Å². The van der Waals surface area contributed by atoms with Gasteiger partial charge in [-0.25, -0.2) is 8.42 Å². The van der Waals surface area contributed by atoms with E-state index in [1.807, 2.05) is 0 Å². The van der Waals surface area contributed by atoms with Crippen molar-refractivity contribution >= 4 is 50.7 Å². The Balaban J connectivity index is 2.53. The third-order valence-corrected chi connectivity index (χ3v) is 7.09. The van der Waals surface area contributed by atoms with Gasteiger partial charge in [-0.1, -0.05) is 42.3 Å². The second kappa shape index (κ2) is 12.1. The zero-order chi connectivity index (χ0) is 29.1. The zero-order valence-electron chi connectivity index (χ0n) is 21.6. The molecule has 0 heterocycles. The average Bonchev–Trinajstić information content (AvgIpc) is 2.76. The second-order valence-electron chi connectivity index (χ2n) is 9.74. The number of nitrogens with one attached hydrogen (secondary N) is 1. The molecule has 1 unspecified atom stereocenters. The Bertz CT molecular complexity index is 1260. The molecule has 2 rings (SSSR count). The molecule has 0 spiro atoms. The van der Waals surface area contributed by atoms with Gasteiger partial charge < -0.3 is 10.2 Å². The van der Waals surface area contributed by atoms with Gasteiger partial charge in [0.05, 0.1) is 22.5 Å². The number of rotatable bonds is 9. The van der Waals surface area contributed by atoms with E-state index in [0.717, 1.165) is 18.4 Å². The maximum absolute atomic E-state index is 13.6. The first-order chi connectivity index (χ1) is 17.3. The zero-order valence-corrected chi connectivity index (χ0v) is 23.9. The lowest BCUT2D eigenvalue weighted by molar-refractivity contribution is -0.141.